The summed E-state index contributed by atoms with van der Waals surface area (Å²) in [5, 5.41) is 20.8. The summed E-state index contributed by atoms with van der Waals surface area (Å²) in [6.45, 7) is 5.09. The van der Waals surface area contributed by atoms with Gasteiger partial charge in [-0.1, -0.05) is 42.5 Å². The van der Waals surface area contributed by atoms with Crippen molar-refractivity contribution >= 4 is 28.5 Å². The van der Waals surface area contributed by atoms with Crippen molar-refractivity contribution in [1.82, 2.24) is 20.3 Å². The summed E-state index contributed by atoms with van der Waals surface area (Å²) >= 11 is 0. The van der Waals surface area contributed by atoms with Crippen LogP contribution < -0.4 is 10.2 Å². The minimum atomic E-state index is -4.67. The fraction of sp³-hybridized carbons (Fsp3) is 0.286. The molecule has 204 valence electrons. The maximum atomic E-state index is 14.0. The van der Waals surface area contributed by atoms with Gasteiger partial charge in [0.25, 0.3) is 0 Å². The number of nitrogens with one attached hydrogen (secondary N) is 1. The van der Waals surface area contributed by atoms with Crippen LogP contribution in [-0.4, -0.2) is 37.5 Å². The molecule has 8 nitrogen and oxygen atoms in total. The van der Waals surface area contributed by atoms with Crippen LogP contribution >= 0.6 is 0 Å². The minimum Gasteiger partial charge on any atom is -0.508 e. The number of rotatable bonds is 8. The number of anilines is 1. The number of carbonyl (C=O) groups excluding carboxylic acids is 2. The van der Waals surface area contributed by atoms with E-state index in [0.29, 0.717) is 23.0 Å². The van der Waals surface area contributed by atoms with Gasteiger partial charge in [-0.3, -0.25) is 14.5 Å². The van der Waals surface area contributed by atoms with Crippen molar-refractivity contribution in [2.24, 2.45) is 0 Å². The molecule has 0 saturated carbocycles. The van der Waals surface area contributed by atoms with E-state index in [9.17, 15) is 27.9 Å². The smallest absolute Gasteiger partial charge is 0.416 e. The van der Waals surface area contributed by atoms with Gasteiger partial charge in [0.1, 0.15) is 23.9 Å². The van der Waals surface area contributed by atoms with E-state index in [2.05, 4.69) is 15.6 Å². The Hall–Kier alpha value is -4.41. The zero-order valence-electron chi connectivity index (χ0n) is 21.6. The lowest BCUT2D eigenvalue weighted by molar-refractivity contribution is -0.137. The lowest BCUT2D eigenvalue weighted by Crippen LogP contribution is -2.51. The van der Waals surface area contributed by atoms with Gasteiger partial charge in [-0.2, -0.15) is 13.2 Å². The normalized spacial score (nSPS) is 12.8. The Morgan fingerprint density at radius 3 is 2.38 bits per heavy atom. The third-order valence-corrected chi connectivity index (χ3v) is 6.49. The van der Waals surface area contributed by atoms with Gasteiger partial charge in [-0.15, -0.1) is 5.10 Å². The van der Waals surface area contributed by atoms with Gasteiger partial charge in [0.2, 0.25) is 11.8 Å². The first-order chi connectivity index (χ1) is 18.4. The standard InChI is InChI=1S/C28H28F3N5O3/c1-4-27(2,3)32-26(39)25(18-12-14-21(37)15-13-18)36(20-9-7-8-19(16-20)28(29,30)31)24(38)17-35-23-11-6-5-10-22(23)33-34-35/h5-16,25,37H,4,17H2,1-3H3,(H,32,39)/t25-/m1/s1. The van der Waals surface area contributed by atoms with E-state index < -0.39 is 41.7 Å². The number of benzene rings is 3. The van der Waals surface area contributed by atoms with Crippen molar-refractivity contribution in [2.45, 2.75) is 51.5 Å². The molecular formula is C28H28F3N5O3. The summed E-state index contributed by atoms with van der Waals surface area (Å²) in [7, 11) is 0. The fourth-order valence-corrected chi connectivity index (χ4v) is 4.07. The fourth-order valence-electron chi connectivity index (χ4n) is 4.07. The minimum absolute atomic E-state index is 0.0715. The monoisotopic (exact) mass is 539 g/mol. The van der Waals surface area contributed by atoms with Crippen LogP contribution in [-0.2, 0) is 22.3 Å². The molecule has 0 saturated heterocycles. The van der Waals surface area contributed by atoms with Crippen molar-refractivity contribution in [3.63, 3.8) is 0 Å². The van der Waals surface area contributed by atoms with E-state index in [1.807, 2.05) is 6.92 Å². The number of aromatic hydroxyl groups is 1. The van der Waals surface area contributed by atoms with Gasteiger partial charge in [0, 0.05) is 11.2 Å². The molecule has 1 aromatic heterocycles. The number of halogens is 3. The summed E-state index contributed by atoms with van der Waals surface area (Å²) in [4.78, 5) is 28.8. The third kappa shape index (κ3) is 6.19. The van der Waals surface area contributed by atoms with Gasteiger partial charge in [-0.05, 0) is 68.3 Å². The van der Waals surface area contributed by atoms with Crippen LogP contribution in [0.1, 0.15) is 44.4 Å². The van der Waals surface area contributed by atoms with Crippen LogP contribution in [0.3, 0.4) is 0 Å². The summed E-state index contributed by atoms with van der Waals surface area (Å²) in [6, 6.07) is 15.4. The zero-order chi connectivity index (χ0) is 28.4. The number of hydrogen-bond donors (Lipinski definition) is 2. The highest BCUT2D eigenvalue weighted by Crippen LogP contribution is 2.35. The molecule has 1 heterocycles. The molecule has 39 heavy (non-hydrogen) atoms. The van der Waals surface area contributed by atoms with Crippen molar-refractivity contribution in [3.8, 4) is 5.75 Å². The van der Waals surface area contributed by atoms with Crippen molar-refractivity contribution < 1.29 is 27.9 Å². The molecule has 4 rings (SSSR count). The van der Waals surface area contributed by atoms with Gasteiger partial charge < -0.3 is 10.4 Å². The summed E-state index contributed by atoms with van der Waals surface area (Å²) in [6.07, 6.45) is -4.11. The highest BCUT2D eigenvalue weighted by molar-refractivity contribution is 6.01. The second-order valence-corrected chi connectivity index (χ2v) is 9.77. The first-order valence-electron chi connectivity index (χ1n) is 12.3. The van der Waals surface area contributed by atoms with Crippen molar-refractivity contribution in [2.75, 3.05) is 4.90 Å². The molecule has 11 heteroatoms. The average molecular weight is 540 g/mol. The van der Waals surface area contributed by atoms with Gasteiger partial charge in [0.05, 0.1) is 11.1 Å². The lowest BCUT2D eigenvalue weighted by Gasteiger charge is -2.35. The van der Waals surface area contributed by atoms with E-state index in [1.54, 1.807) is 38.1 Å². The number of phenolic OH excluding ortho intramolecular Hbond substituents is 1. The van der Waals surface area contributed by atoms with Crippen molar-refractivity contribution in [1.29, 1.82) is 0 Å². The molecule has 1 atom stereocenters. The molecule has 4 aromatic rings. The first-order valence-corrected chi connectivity index (χ1v) is 12.3. The molecule has 0 unspecified atom stereocenters. The quantitative estimate of drug-likeness (QED) is 0.319. The molecular weight excluding hydrogens is 511 g/mol. The molecule has 0 aliphatic heterocycles. The summed E-state index contributed by atoms with van der Waals surface area (Å²) < 4.78 is 42.4. The Morgan fingerprint density at radius 1 is 1.03 bits per heavy atom. The van der Waals surface area contributed by atoms with Crippen LogP contribution in [0.4, 0.5) is 18.9 Å². The summed E-state index contributed by atoms with van der Waals surface area (Å²) in [5.41, 5.74) is -0.381. The molecule has 0 aliphatic carbocycles. The van der Waals surface area contributed by atoms with E-state index in [0.717, 1.165) is 17.0 Å². The number of aromatic nitrogens is 3. The number of alkyl halides is 3. The van der Waals surface area contributed by atoms with E-state index >= 15 is 0 Å². The zero-order valence-corrected chi connectivity index (χ0v) is 21.6. The number of phenols is 1. The third-order valence-electron chi connectivity index (χ3n) is 6.49. The number of amides is 2. The van der Waals surface area contributed by atoms with Crippen LogP contribution in [0.5, 0.6) is 5.75 Å². The Bertz CT molecular complexity index is 1480. The van der Waals surface area contributed by atoms with Crippen LogP contribution in [0.2, 0.25) is 0 Å². The SMILES string of the molecule is CCC(C)(C)NC(=O)[C@@H](c1ccc(O)cc1)N(C(=O)Cn1nnc2ccccc21)c1cccc(C(F)(F)F)c1. The second kappa shape index (κ2) is 10.8. The largest absolute Gasteiger partial charge is 0.508 e. The number of hydrogen-bond acceptors (Lipinski definition) is 5. The topological polar surface area (TPSA) is 100 Å². The van der Waals surface area contributed by atoms with Gasteiger partial charge >= 0.3 is 6.18 Å². The summed E-state index contributed by atoms with van der Waals surface area (Å²) in [5.74, 6) is -1.35. The van der Waals surface area contributed by atoms with E-state index in [1.165, 1.54) is 41.1 Å². The molecule has 0 radical (unpaired) electrons. The molecule has 2 amide bonds. The molecule has 3 aromatic carbocycles. The highest BCUT2D eigenvalue weighted by atomic mass is 19.4. The van der Waals surface area contributed by atoms with Crippen LogP contribution in [0.25, 0.3) is 11.0 Å². The molecule has 0 spiro atoms. The second-order valence-electron chi connectivity index (χ2n) is 9.77. The van der Waals surface area contributed by atoms with Gasteiger partial charge in [0.15, 0.2) is 0 Å². The Labute approximate surface area is 223 Å². The highest BCUT2D eigenvalue weighted by Gasteiger charge is 2.37. The predicted octanol–water partition coefficient (Wildman–Crippen LogP) is 5.24. The molecule has 0 bridgehead atoms. The van der Waals surface area contributed by atoms with Crippen LogP contribution in [0.15, 0.2) is 72.8 Å². The van der Waals surface area contributed by atoms with Gasteiger partial charge in [-0.25, -0.2) is 4.68 Å². The predicted molar refractivity (Wildman–Crippen MR) is 140 cm³/mol. The maximum absolute atomic E-state index is 14.0. The number of fused-ring (bicyclic) bond motifs is 1. The van der Waals surface area contributed by atoms with Crippen LogP contribution in [0, 0.1) is 0 Å². The Kier molecular flexibility index (Phi) is 7.62. The number of para-hydroxylation sites is 1. The molecule has 0 aliphatic rings. The molecule has 0 fully saturated rings. The first kappa shape index (κ1) is 27.6. The number of carbonyl (C=O) groups is 2. The van der Waals surface area contributed by atoms with E-state index in [4.69, 9.17) is 0 Å². The average Bonchev–Trinajstić information content (AvgIpc) is 3.29. The molecule has 2 N–H and O–H groups in total. The number of nitrogens with zero attached hydrogens (tertiary/aromatic N) is 4. The Morgan fingerprint density at radius 2 is 1.72 bits per heavy atom. The lowest BCUT2D eigenvalue weighted by atomic mass is 9.98. The van der Waals surface area contributed by atoms with Crippen molar-refractivity contribution in [3.05, 3.63) is 83.9 Å². The van der Waals surface area contributed by atoms with E-state index in [-0.39, 0.29) is 11.4 Å². The maximum Gasteiger partial charge on any atom is 0.416 e. The Balaban J connectivity index is 1.87.